The third-order valence-electron chi connectivity index (χ3n) is 0.838. The van der Waals surface area contributed by atoms with E-state index in [1.165, 1.54) is 0 Å². The van der Waals surface area contributed by atoms with E-state index < -0.39 is 24.3 Å². The molecule has 0 radical (unpaired) electrons. The topological polar surface area (TPSA) is 9.23 Å². The Hall–Kier alpha value is -0.240. The number of ether oxygens (including phenoxy) is 1. The van der Waals surface area contributed by atoms with E-state index in [1.807, 2.05) is 4.74 Å². The van der Waals surface area contributed by atoms with E-state index in [0.29, 0.717) is 0 Å². The van der Waals surface area contributed by atoms with Gasteiger partial charge in [-0.1, -0.05) is 0 Å². The molecule has 0 saturated carbocycles. The average molecular weight is 234 g/mol. The Kier molecular flexibility index (Phi) is 3.42. The van der Waals surface area contributed by atoms with E-state index in [-0.39, 0.29) is 0 Å². The van der Waals surface area contributed by atoms with Crippen LogP contribution in [0.2, 0.25) is 0 Å². The van der Waals surface area contributed by atoms with Gasteiger partial charge in [0.1, 0.15) is 0 Å². The largest absolute Gasteiger partial charge is 0.527 e. The first kappa shape index (κ1) is 12.8. The molecule has 0 aliphatic heterocycles. The lowest BCUT2D eigenvalue weighted by atomic mass is 10.3. The molecule has 80 valence electrons. The van der Waals surface area contributed by atoms with Crippen LogP contribution in [0.25, 0.3) is 0 Å². The van der Waals surface area contributed by atoms with Crippen molar-refractivity contribution in [3.63, 3.8) is 0 Å². The van der Waals surface area contributed by atoms with E-state index in [0.717, 1.165) is 0 Å². The van der Waals surface area contributed by atoms with Gasteiger partial charge in [-0.15, -0.1) is 24.8 Å². The summed E-state index contributed by atoms with van der Waals surface area (Å²) in [7, 11) is 0. The van der Waals surface area contributed by atoms with Gasteiger partial charge >= 0.3 is 18.4 Å². The molecule has 0 aromatic rings. The molecule has 0 amide bonds. The van der Waals surface area contributed by atoms with Crippen LogP contribution in [0.5, 0.6) is 0 Å². The summed E-state index contributed by atoms with van der Waals surface area (Å²) in [5, 5.41) is 0. The van der Waals surface area contributed by atoms with E-state index in [4.69, 9.17) is 0 Å². The fourth-order valence-corrected chi connectivity index (χ4v) is 0.453. The van der Waals surface area contributed by atoms with Crippen molar-refractivity contribution in [3.8, 4) is 0 Å². The summed E-state index contributed by atoms with van der Waals surface area (Å²) in [4.78, 5) is 0. The van der Waals surface area contributed by atoms with Gasteiger partial charge in [-0.05, 0) is 0 Å². The van der Waals surface area contributed by atoms with Crippen molar-refractivity contribution in [2.45, 2.75) is 18.4 Å². The smallest absolute Gasteiger partial charge is 0.221 e. The summed E-state index contributed by atoms with van der Waals surface area (Å²) in [6.45, 7) is 0. The van der Waals surface area contributed by atoms with Crippen LogP contribution < -0.4 is 0 Å². The van der Waals surface area contributed by atoms with E-state index >= 15 is 0 Å². The Labute approximate surface area is 72.4 Å². The SMILES string of the molecule is FC(F)(F)OC(F)(F)C(F)(F)CCl. The molecule has 0 heterocycles. The predicted octanol–water partition coefficient (Wildman–Crippen LogP) is 2.99. The first-order chi connectivity index (χ1) is 5.52. The number of hydrogen-bond donors (Lipinski definition) is 0. The molecule has 0 atom stereocenters. The maximum absolute atomic E-state index is 12.0. The zero-order chi connectivity index (χ0) is 10.9. The minimum Gasteiger partial charge on any atom is -0.221 e. The monoisotopic (exact) mass is 234 g/mol. The van der Waals surface area contributed by atoms with Gasteiger partial charge in [0.15, 0.2) is 0 Å². The molecule has 0 saturated heterocycles. The Morgan fingerprint density at radius 1 is 0.923 bits per heavy atom. The molecule has 0 rings (SSSR count). The van der Waals surface area contributed by atoms with Crippen LogP contribution >= 0.6 is 11.6 Å². The van der Waals surface area contributed by atoms with Crippen molar-refractivity contribution in [3.05, 3.63) is 0 Å². The maximum atomic E-state index is 12.0. The van der Waals surface area contributed by atoms with Crippen LogP contribution in [-0.4, -0.2) is 24.3 Å². The third-order valence-corrected chi connectivity index (χ3v) is 1.17. The van der Waals surface area contributed by atoms with E-state index in [1.54, 1.807) is 0 Å². The van der Waals surface area contributed by atoms with Crippen molar-refractivity contribution in [1.82, 2.24) is 0 Å². The molecule has 13 heavy (non-hydrogen) atoms. The van der Waals surface area contributed by atoms with Gasteiger partial charge in [-0.25, -0.2) is 4.74 Å². The summed E-state index contributed by atoms with van der Waals surface area (Å²) in [6.07, 6.45) is -11.5. The lowest BCUT2D eigenvalue weighted by Gasteiger charge is -2.24. The zero-order valence-electron chi connectivity index (χ0n) is 5.64. The Morgan fingerprint density at radius 2 is 1.31 bits per heavy atom. The summed E-state index contributed by atoms with van der Waals surface area (Å²) in [5.41, 5.74) is 0. The van der Waals surface area contributed by atoms with Crippen molar-refractivity contribution < 1.29 is 35.5 Å². The molecule has 0 N–H and O–H groups in total. The fraction of sp³-hybridized carbons (Fsp3) is 1.00. The van der Waals surface area contributed by atoms with Gasteiger partial charge in [0.2, 0.25) is 0 Å². The van der Waals surface area contributed by atoms with Gasteiger partial charge in [0.05, 0.1) is 5.88 Å². The Morgan fingerprint density at radius 3 is 1.54 bits per heavy atom. The second-order valence-electron chi connectivity index (χ2n) is 1.90. The van der Waals surface area contributed by atoms with Gasteiger partial charge in [0.25, 0.3) is 0 Å². The van der Waals surface area contributed by atoms with Crippen LogP contribution in [0, 0.1) is 0 Å². The van der Waals surface area contributed by atoms with E-state index in [9.17, 15) is 30.7 Å². The third kappa shape index (κ3) is 3.55. The molecule has 1 nitrogen and oxygen atoms in total. The van der Waals surface area contributed by atoms with Crippen LogP contribution in [0.1, 0.15) is 0 Å². The number of hydrogen-bond acceptors (Lipinski definition) is 1. The van der Waals surface area contributed by atoms with Crippen molar-refractivity contribution in [2.24, 2.45) is 0 Å². The minimum atomic E-state index is -5.85. The molecule has 0 aromatic heterocycles. The minimum absolute atomic E-state index is 1.91. The van der Waals surface area contributed by atoms with Crippen LogP contribution in [0.4, 0.5) is 30.7 Å². The highest BCUT2D eigenvalue weighted by atomic mass is 35.5. The van der Waals surface area contributed by atoms with Gasteiger partial charge in [-0.3, -0.25) is 0 Å². The molecular formula is C4H2ClF7O. The highest BCUT2D eigenvalue weighted by Gasteiger charge is 2.62. The highest BCUT2D eigenvalue weighted by Crippen LogP contribution is 2.40. The lowest BCUT2D eigenvalue weighted by molar-refractivity contribution is -0.462. The van der Waals surface area contributed by atoms with Crippen LogP contribution in [-0.2, 0) is 4.74 Å². The highest BCUT2D eigenvalue weighted by molar-refractivity contribution is 6.18. The molecule has 0 bridgehead atoms. The first-order valence-corrected chi connectivity index (χ1v) is 3.14. The number of rotatable bonds is 3. The average Bonchev–Trinajstić information content (AvgIpc) is 1.81. The lowest BCUT2D eigenvalue weighted by Crippen LogP contribution is -2.47. The van der Waals surface area contributed by atoms with Crippen LogP contribution in [0.15, 0.2) is 0 Å². The van der Waals surface area contributed by atoms with Crippen molar-refractivity contribution in [2.75, 3.05) is 5.88 Å². The Balaban J connectivity index is 4.58. The van der Waals surface area contributed by atoms with Crippen molar-refractivity contribution >= 4 is 11.6 Å². The van der Waals surface area contributed by atoms with Gasteiger partial charge < -0.3 is 0 Å². The van der Waals surface area contributed by atoms with Gasteiger partial charge in [0, 0.05) is 0 Å². The quantitative estimate of drug-likeness (QED) is 0.539. The number of halogens is 8. The summed E-state index contributed by atoms with van der Waals surface area (Å²) < 4.78 is 83.1. The van der Waals surface area contributed by atoms with Crippen molar-refractivity contribution in [1.29, 1.82) is 0 Å². The van der Waals surface area contributed by atoms with Crippen LogP contribution in [0.3, 0.4) is 0 Å². The summed E-state index contributed by atoms with van der Waals surface area (Å²) in [6, 6.07) is 0. The Bertz CT molecular complexity index is 176. The standard InChI is InChI=1S/C4H2ClF7O/c5-1-2(6,7)3(8,9)13-4(10,11)12/h1H2. The molecule has 0 spiro atoms. The normalized spacial score (nSPS) is 14.8. The first-order valence-electron chi connectivity index (χ1n) is 2.60. The van der Waals surface area contributed by atoms with E-state index in [2.05, 4.69) is 11.6 Å². The zero-order valence-corrected chi connectivity index (χ0v) is 6.39. The predicted molar refractivity (Wildman–Crippen MR) is 27.8 cm³/mol. The summed E-state index contributed by atoms with van der Waals surface area (Å²) >= 11 is 4.33. The fourth-order valence-electron chi connectivity index (χ4n) is 0.298. The molecule has 0 fully saturated rings. The molecule has 9 heteroatoms. The second kappa shape index (κ2) is 3.49. The summed E-state index contributed by atoms with van der Waals surface area (Å²) in [5.74, 6) is -7.04. The molecule has 0 aliphatic rings. The molecule has 0 aromatic carbocycles. The molecular weight excluding hydrogens is 232 g/mol. The molecule has 0 unspecified atom stereocenters. The molecule has 0 aliphatic carbocycles. The second-order valence-corrected chi connectivity index (χ2v) is 2.17. The maximum Gasteiger partial charge on any atom is 0.527 e. The number of alkyl halides is 8. The van der Waals surface area contributed by atoms with Gasteiger partial charge in [-0.2, -0.15) is 17.6 Å².